The number of aliphatic imine (C=N–C) groups is 1. The fourth-order valence-corrected chi connectivity index (χ4v) is 2.34. The number of guanidine groups is 1. The monoisotopic (exact) mass is 305 g/mol. The van der Waals surface area contributed by atoms with E-state index in [0.29, 0.717) is 6.04 Å². The van der Waals surface area contributed by atoms with Gasteiger partial charge >= 0.3 is 0 Å². The third-order valence-corrected chi connectivity index (χ3v) is 3.51. The van der Waals surface area contributed by atoms with Crippen LogP contribution in [0.3, 0.4) is 0 Å². The lowest BCUT2D eigenvalue weighted by Crippen LogP contribution is -2.43. The van der Waals surface area contributed by atoms with Gasteiger partial charge in [-0.15, -0.1) is 0 Å². The second kappa shape index (κ2) is 10.1. The van der Waals surface area contributed by atoms with Gasteiger partial charge in [0, 0.05) is 38.8 Å². The Bertz CT molecular complexity index is 446. The SMILES string of the molecule is CCOCCCN=C(NCCc1ccco1)NC1CC=CC1. The molecule has 0 aliphatic heterocycles. The van der Waals surface area contributed by atoms with Crippen molar-refractivity contribution in [3.05, 3.63) is 36.3 Å². The van der Waals surface area contributed by atoms with E-state index in [1.807, 2.05) is 19.1 Å². The lowest BCUT2D eigenvalue weighted by atomic mass is 10.2. The molecule has 5 nitrogen and oxygen atoms in total. The molecule has 1 aromatic rings. The van der Waals surface area contributed by atoms with Crippen LogP contribution in [-0.2, 0) is 11.2 Å². The Balaban J connectivity index is 1.73. The van der Waals surface area contributed by atoms with Crippen molar-refractivity contribution in [1.82, 2.24) is 10.6 Å². The molecular formula is C17H27N3O2. The molecule has 2 rings (SSSR count). The van der Waals surface area contributed by atoms with Gasteiger partial charge < -0.3 is 19.8 Å². The van der Waals surface area contributed by atoms with Crippen LogP contribution in [0.1, 0.15) is 31.9 Å². The van der Waals surface area contributed by atoms with Gasteiger partial charge in [0.25, 0.3) is 0 Å². The normalized spacial score (nSPS) is 15.4. The molecule has 2 N–H and O–H groups in total. The molecule has 122 valence electrons. The van der Waals surface area contributed by atoms with E-state index in [0.717, 1.165) is 63.7 Å². The Hall–Kier alpha value is -1.75. The molecule has 0 bridgehead atoms. The van der Waals surface area contributed by atoms with Crippen molar-refractivity contribution < 1.29 is 9.15 Å². The molecule has 0 saturated carbocycles. The molecule has 0 fully saturated rings. The molecule has 0 atom stereocenters. The molecule has 0 radical (unpaired) electrons. The predicted molar refractivity (Wildman–Crippen MR) is 89.1 cm³/mol. The fraction of sp³-hybridized carbons (Fsp3) is 0.588. The average molecular weight is 305 g/mol. The zero-order valence-corrected chi connectivity index (χ0v) is 13.4. The summed E-state index contributed by atoms with van der Waals surface area (Å²) in [7, 11) is 0. The van der Waals surface area contributed by atoms with Crippen LogP contribution in [0.25, 0.3) is 0 Å². The third-order valence-electron chi connectivity index (χ3n) is 3.51. The van der Waals surface area contributed by atoms with Gasteiger partial charge in [0.15, 0.2) is 5.96 Å². The fourth-order valence-electron chi connectivity index (χ4n) is 2.34. The molecule has 1 aromatic heterocycles. The number of furan rings is 1. The van der Waals surface area contributed by atoms with Gasteiger partial charge in [-0.25, -0.2) is 0 Å². The minimum absolute atomic E-state index is 0.460. The Labute approximate surface area is 132 Å². The Kier molecular flexibility index (Phi) is 7.60. The topological polar surface area (TPSA) is 58.8 Å². The molecular weight excluding hydrogens is 278 g/mol. The summed E-state index contributed by atoms with van der Waals surface area (Å²) in [6, 6.07) is 4.37. The first-order chi connectivity index (χ1) is 10.9. The van der Waals surface area contributed by atoms with E-state index in [4.69, 9.17) is 9.15 Å². The second-order valence-corrected chi connectivity index (χ2v) is 5.32. The number of rotatable bonds is 9. The molecule has 1 aliphatic rings. The molecule has 5 heteroatoms. The number of ether oxygens (including phenoxy) is 1. The van der Waals surface area contributed by atoms with Crippen LogP contribution in [0.2, 0.25) is 0 Å². The number of hydrogen-bond donors (Lipinski definition) is 2. The highest BCUT2D eigenvalue weighted by Gasteiger charge is 2.11. The van der Waals surface area contributed by atoms with Crippen LogP contribution in [0.5, 0.6) is 0 Å². The van der Waals surface area contributed by atoms with Gasteiger partial charge in [-0.05, 0) is 38.3 Å². The molecule has 22 heavy (non-hydrogen) atoms. The summed E-state index contributed by atoms with van der Waals surface area (Å²) >= 11 is 0. The highest BCUT2D eigenvalue weighted by molar-refractivity contribution is 5.80. The van der Waals surface area contributed by atoms with E-state index in [-0.39, 0.29) is 0 Å². The van der Waals surface area contributed by atoms with E-state index in [1.54, 1.807) is 6.26 Å². The van der Waals surface area contributed by atoms with Crippen LogP contribution >= 0.6 is 0 Å². The summed E-state index contributed by atoms with van der Waals surface area (Å²) in [6.07, 6.45) is 10.1. The molecule has 0 amide bonds. The van der Waals surface area contributed by atoms with E-state index >= 15 is 0 Å². The number of nitrogens with zero attached hydrogens (tertiary/aromatic N) is 1. The third kappa shape index (κ3) is 6.35. The molecule has 0 spiro atoms. The quantitative estimate of drug-likeness (QED) is 0.318. The standard InChI is InChI=1S/C17H27N3O2/c1-2-21-13-6-11-18-17(20-15-7-3-4-8-15)19-12-10-16-9-5-14-22-16/h3-5,9,14-15H,2,6-8,10-13H2,1H3,(H2,18,19,20). The zero-order chi connectivity index (χ0) is 15.5. The lowest BCUT2D eigenvalue weighted by molar-refractivity contribution is 0.146. The molecule has 0 unspecified atom stereocenters. The van der Waals surface area contributed by atoms with Crippen LogP contribution in [-0.4, -0.2) is 38.3 Å². The van der Waals surface area contributed by atoms with E-state index in [2.05, 4.69) is 27.8 Å². The summed E-state index contributed by atoms with van der Waals surface area (Å²) in [4.78, 5) is 4.63. The van der Waals surface area contributed by atoms with Gasteiger partial charge in [0.05, 0.1) is 6.26 Å². The van der Waals surface area contributed by atoms with Crippen molar-refractivity contribution in [2.75, 3.05) is 26.3 Å². The first kappa shape index (κ1) is 16.6. The Morgan fingerprint density at radius 3 is 3.00 bits per heavy atom. The van der Waals surface area contributed by atoms with Crippen molar-refractivity contribution in [1.29, 1.82) is 0 Å². The first-order valence-corrected chi connectivity index (χ1v) is 8.18. The lowest BCUT2D eigenvalue weighted by Gasteiger charge is -2.17. The van der Waals surface area contributed by atoms with Crippen LogP contribution in [0, 0.1) is 0 Å². The summed E-state index contributed by atoms with van der Waals surface area (Å²) in [5, 5.41) is 6.88. The van der Waals surface area contributed by atoms with Crippen molar-refractivity contribution in [3.63, 3.8) is 0 Å². The minimum atomic E-state index is 0.460. The molecule has 1 aliphatic carbocycles. The highest BCUT2D eigenvalue weighted by Crippen LogP contribution is 2.08. The molecule has 1 heterocycles. The summed E-state index contributed by atoms with van der Waals surface area (Å²) in [6.45, 7) is 5.13. The zero-order valence-electron chi connectivity index (χ0n) is 13.4. The summed E-state index contributed by atoms with van der Waals surface area (Å²) in [5.41, 5.74) is 0. The Morgan fingerprint density at radius 2 is 2.27 bits per heavy atom. The summed E-state index contributed by atoms with van der Waals surface area (Å²) < 4.78 is 10.7. The van der Waals surface area contributed by atoms with Gasteiger partial charge in [0.1, 0.15) is 5.76 Å². The summed E-state index contributed by atoms with van der Waals surface area (Å²) in [5.74, 6) is 1.88. The van der Waals surface area contributed by atoms with Crippen LogP contribution in [0.4, 0.5) is 0 Å². The second-order valence-electron chi connectivity index (χ2n) is 5.32. The van der Waals surface area contributed by atoms with Crippen molar-refractivity contribution in [2.24, 2.45) is 4.99 Å². The van der Waals surface area contributed by atoms with Crippen molar-refractivity contribution >= 4 is 5.96 Å². The Morgan fingerprint density at radius 1 is 1.41 bits per heavy atom. The maximum Gasteiger partial charge on any atom is 0.191 e. The van der Waals surface area contributed by atoms with Crippen LogP contribution in [0.15, 0.2) is 40.0 Å². The maximum absolute atomic E-state index is 5.35. The minimum Gasteiger partial charge on any atom is -0.469 e. The van der Waals surface area contributed by atoms with Gasteiger partial charge in [-0.3, -0.25) is 4.99 Å². The highest BCUT2D eigenvalue weighted by atomic mass is 16.5. The van der Waals surface area contributed by atoms with Gasteiger partial charge in [-0.2, -0.15) is 0 Å². The van der Waals surface area contributed by atoms with Crippen molar-refractivity contribution in [3.8, 4) is 0 Å². The number of hydrogen-bond acceptors (Lipinski definition) is 3. The molecule has 0 saturated heterocycles. The largest absolute Gasteiger partial charge is 0.469 e. The van der Waals surface area contributed by atoms with Gasteiger partial charge in [-0.1, -0.05) is 12.2 Å². The van der Waals surface area contributed by atoms with E-state index in [1.165, 1.54) is 0 Å². The van der Waals surface area contributed by atoms with E-state index in [9.17, 15) is 0 Å². The smallest absolute Gasteiger partial charge is 0.191 e. The molecule has 0 aromatic carbocycles. The van der Waals surface area contributed by atoms with E-state index < -0.39 is 0 Å². The number of nitrogens with one attached hydrogen (secondary N) is 2. The van der Waals surface area contributed by atoms with Crippen LogP contribution < -0.4 is 10.6 Å². The van der Waals surface area contributed by atoms with Crippen molar-refractivity contribution in [2.45, 2.75) is 38.6 Å². The van der Waals surface area contributed by atoms with Gasteiger partial charge in [0.2, 0.25) is 0 Å². The maximum atomic E-state index is 5.35. The average Bonchev–Trinajstić information content (AvgIpc) is 3.20. The predicted octanol–water partition coefficient (Wildman–Crippen LogP) is 2.50. The first-order valence-electron chi connectivity index (χ1n) is 8.18.